The quantitative estimate of drug-likeness (QED) is 0.726. The van der Waals surface area contributed by atoms with E-state index in [1.807, 2.05) is 0 Å². The molecule has 4 nitrogen and oxygen atoms in total. The topological polar surface area (TPSA) is 48.3 Å². The molecule has 0 N–H and O–H groups in total. The van der Waals surface area contributed by atoms with E-state index < -0.39 is 29.2 Å². The first-order valence-electron chi connectivity index (χ1n) is 6.88. The van der Waals surface area contributed by atoms with Gasteiger partial charge in [-0.3, -0.25) is 4.79 Å². The molecule has 0 radical (unpaired) electrons. The molecule has 0 saturated heterocycles. The molecule has 0 aliphatic heterocycles. The van der Waals surface area contributed by atoms with E-state index in [9.17, 15) is 22.8 Å². The third-order valence-corrected chi connectivity index (χ3v) is 3.11. The monoisotopic (exact) mass is 327 g/mol. The minimum Gasteiger partial charge on any atom is -0.443 e. The van der Waals surface area contributed by atoms with E-state index in [1.165, 1.54) is 18.2 Å². The lowest BCUT2D eigenvalue weighted by Gasteiger charge is -2.20. The number of aryl methyl sites for hydroxylation is 1. The zero-order chi connectivity index (χ0) is 17.6. The maximum atomic E-state index is 12.7. The number of Topliss-reactive ketones (excluding diaryl/α,β-unsaturated/α-hetero) is 1. The maximum absolute atomic E-state index is 12.7. The number of aromatic nitrogens is 1. The molecule has 2 aromatic rings. The van der Waals surface area contributed by atoms with Crippen LogP contribution in [0.2, 0.25) is 0 Å². The second kappa shape index (κ2) is 5.40. The number of alkyl halides is 3. The number of hydrogen-bond donors (Lipinski definition) is 0. The molecule has 0 amide bonds. The van der Waals surface area contributed by atoms with Gasteiger partial charge >= 0.3 is 12.3 Å². The molecular formula is C16H16F3NO3. The van der Waals surface area contributed by atoms with Crippen molar-refractivity contribution in [1.29, 1.82) is 0 Å². The smallest absolute Gasteiger partial charge is 0.443 e. The zero-order valence-electron chi connectivity index (χ0n) is 13.1. The van der Waals surface area contributed by atoms with Gasteiger partial charge in [-0.2, -0.15) is 13.2 Å². The van der Waals surface area contributed by atoms with Gasteiger partial charge in [0.1, 0.15) is 5.60 Å². The molecule has 0 saturated carbocycles. The van der Waals surface area contributed by atoms with Gasteiger partial charge in [0.2, 0.25) is 0 Å². The first-order valence-corrected chi connectivity index (χ1v) is 6.88. The van der Waals surface area contributed by atoms with Gasteiger partial charge in [-0.05, 0) is 39.8 Å². The molecule has 0 aliphatic carbocycles. The normalized spacial score (nSPS) is 12.5. The number of ether oxygens (including phenoxy) is 1. The lowest BCUT2D eigenvalue weighted by Crippen LogP contribution is -2.27. The Balaban J connectivity index is 2.61. The van der Waals surface area contributed by atoms with E-state index in [-0.39, 0.29) is 10.9 Å². The average molecular weight is 327 g/mol. The Morgan fingerprint density at radius 3 is 2.26 bits per heavy atom. The Bertz CT molecular complexity index is 782. The van der Waals surface area contributed by atoms with E-state index in [0.717, 1.165) is 10.6 Å². The Labute approximate surface area is 130 Å². The van der Waals surface area contributed by atoms with E-state index in [0.29, 0.717) is 5.69 Å². The molecule has 2 rings (SSSR count). The van der Waals surface area contributed by atoms with Crippen LogP contribution in [0.25, 0.3) is 10.9 Å². The fourth-order valence-corrected chi connectivity index (χ4v) is 2.26. The highest BCUT2D eigenvalue weighted by molar-refractivity contribution is 6.11. The molecule has 0 atom stereocenters. The number of halogens is 3. The lowest BCUT2D eigenvalue weighted by atomic mass is 10.1. The van der Waals surface area contributed by atoms with Gasteiger partial charge < -0.3 is 4.74 Å². The second-order valence-corrected chi connectivity index (χ2v) is 6.17. The molecule has 0 fully saturated rings. The molecule has 1 heterocycles. The van der Waals surface area contributed by atoms with E-state index >= 15 is 0 Å². The Kier molecular flexibility index (Phi) is 4.00. The molecule has 0 unspecified atom stereocenters. The number of benzene rings is 1. The molecule has 7 heteroatoms. The maximum Gasteiger partial charge on any atom is 0.454 e. The van der Waals surface area contributed by atoms with Gasteiger partial charge in [0, 0.05) is 16.6 Å². The van der Waals surface area contributed by atoms with Crippen LogP contribution >= 0.6 is 0 Å². The van der Waals surface area contributed by atoms with Gasteiger partial charge in [-0.15, -0.1) is 0 Å². The third-order valence-electron chi connectivity index (χ3n) is 3.11. The first kappa shape index (κ1) is 17.1. The van der Waals surface area contributed by atoms with Crippen molar-refractivity contribution in [2.45, 2.75) is 39.5 Å². The predicted octanol–water partition coefficient (Wildman–Crippen LogP) is 4.48. The van der Waals surface area contributed by atoms with Crippen LogP contribution in [-0.2, 0) is 4.74 Å². The van der Waals surface area contributed by atoms with Crippen LogP contribution in [-0.4, -0.2) is 28.2 Å². The standard InChI is InChI=1S/C16H16F3NO3/c1-9-8-11-10(13(21)16(17,18)19)6-5-7-12(11)20(9)14(22)23-15(2,3)4/h5-8H,1-4H3. The SMILES string of the molecule is Cc1cc2c(C(=O)C(F)(F)F)cccc2n1C(=O)OC(C)(C)C. The average Bonchev–Trinajstić information content (AvgIpc) is 2.70. The minimum absolute atomic E-state index is 0.0678. The van der Waals surface area contributed by atoms with Crippen molar-refractivity contribution >= 4 is 22.8 Å². The third kappa shape index (κ3) is 3.38. The molecule has 0 aliphatic rings. The highest BCUT2D eigenvalue weighted by Crippen LogP contribution is 2.29. The highest BCUT2D eigenvalue weighted by atomic mass is 19.4. The van der Waals surface area contributed by atoms with E-state index in [4.69, 9.17) is 4.74 Å². The fourth-order valence-electron chi connectivity index (χ4n) is 2.26. The van der Waals surface area contributed by atoms with Crippen LogP contribution in [0.5, 0.6) is 0 Å². The van der Waals surface area contributed by atoms with Crippen LogP contribution in [0.1, 0.15) is 36.8 Å². The first-order chi connectivity index (χ1) is 10.4. The molecule has 23 heavy (non-hydrogen) atoms. The number of nitrogens with zero attached hydrogens (tertiary/aromatic N) is 1. The second-order valence-electron chi connectivity index (χ2n) is 6.17. The summed E-state index contributed by atoms with van der Waals surface area (Å²) >= 11 is 0. The van der Waals surface area contributed by atoms with Gasteiger partial charge in [0.25, 0.3) is 5.78 Å². The van der Waals surface area contributed by atoms with Crippen LogP contribution in [0.4, 0.5) is 18.0 Å². The lowest BCUT2D eigenvalue weighted by molar-refractivity contribution is -0.0884. The largest absolute Gasteiger partial charge is 0.454 e. The van der Waals surface area contributed by atoms with Crippen LogP contribution in [0.3, 0.4) is 0 Å². The van der Waals surface area contributed by atoms with Crippen LogP contribution < -0.4 is 0 Å². The van der Waals surface area contributed by atoms with E-state index in [2.05, 4.69) is 0 Å². The number of ketones is 1. The van der Waals surface area contributed by atoms with Gasteiger partial charge in [0.05, 0.1) is 5.52 Å². The van der Waals surface area contributed by atoms with Gasteiger partial charge in [0.15, 0.2) is 0 Å². The van der Waals surface area contributed by atoms with Crippen molar-refractivity contribution in [1.82, 2.24) is 4.57 Å². The highest BCUT2D eigenvalue weighted by Gasteiger charge is 2.40. The van der Waals surface area contributed by atoms with Crippen molar-refractivity contribution in [2.24, 2.45) is 0 Å². The number of carbonyl (C=O) groups excluding carboxylic acids is 2. The van der Waals surface area contributed by atoms with Crippen LogP contribution in [0, 0.1) is 6.92 Å². The summed E-state index contributed by atoms with van der Waals surface area (Å²) in [6.45, 7) is 6.62. The molecule has 124 valence electrons. The van der Waals surface area contributed by atoms with Crippen LogP contribution in [0.15, 0.2) is 24.3 Å². The summed E-state index contributed by atoms with van der Waals surface area (Å²) < 4.78 is 44.5. The summed E-state index contributed by atoms with van der Waals surface area (Å²) in [5, 5.41) is 0.0678. The Hall–Kier alpha value is -2.31. The fraction of sp³-hybridized carbons (Fsp3) is 0.375. The van der Waals surface area contributed by atoms with Crippen molar-refractivity contribution in [3.8, 4) is 0 Å². The molecule has 0 bridgehead atoms. The minimum atomic E-state index is -4.98. The summed E-state index contributed by atoms with van der Waals surface area (Å²) in [6.07, 6.45) is -5.68. The Morgan fingerprint density at radius 2 is 1.74 bits per heavy atom. The summed E-state index contributed by atoms with van der Waals surface area (Å²) in [7, 11) is 0. The van der Waals surface area contributed by atoms with E-state index in [1.54, 1.807) is 27.7 Å². The van der Waals surface area contributed by atoms with Gasteiger partial charge in [-0.25, -0.2) is 9.36 Å². The summed E-state index contributed by atoms with van der Waals surface area (Å²) in [5.41, 5.74) is -0.650. The molecular weight excluding hydrogens is 311 g/mol. The molecule has 1 aromatic carbocycles. The van der Waals surface area contributed by atoms with Crippen molar-refractivity contribution in [3.05, 3.63) is 35.5 Å². The van der Waals surface area contributed by atoms with Crippen molar-refractivity contribution < 1.29 is 27.5 Å². The Morgan fingerprint density at radius 1 is 1.13 bits per heavy atom. The number of rotatable bonds is 1. The number of carbonyl (C=O) groups is 2. The van der Waals surface area contributed by atoms with Crippen molar-refractivity contribution in [3.63, 3.8) is 0 Å². The van der Waals surface area contributed by atoms with Crippen molar-refractivity contribution in [2.75, 3.05) is 0 Å². The summed E-state index contributed by atoms with van der Waals surface area (Å²) in [5.74, 6) is -1.94. The zero-order valence-corrected chi connectivity index (χ0v) is 13.1. The summed E-state index contributed by atoms with van der Waals surface area (Å²) in [6, 6.07) is 5.25. The molecule has 0 spiro atoms. The molecule has 1 aromatic heterocycles. The number of fused-ring (bicyclic) bond motifs is 1. The summed E-state index contributed by atoms with van der Waals surface area (Å²) in [4.78, 5) is 23.8. The predicted molar refractivity (Wildman–Crippen MR) is 78.7 cm³/mol. The van der Waals surface area contributed by atoms with Gasteiger partial charge in [-0.1, -0.05) is 12.1 Å². The number of hydrogen-bond acceptors (Lipinski definition) is 3.